The molecular formula is C17H34INSi. The lowest BCUT2D eigenvalue weighted by atomic mass is 10.3. The number of hydrogen-bond acceptors (Lipinski definition) is 0. The third kappa shape index (κ3) is 4.85. The van der Waals surface area contributed by atoms with Gasteiger partial charge in [-0.25, -0.2) is 0 Å². The zero-order valence-corrected chi connectivity index (χ0v) is 17.2. The van der Waals surface area contributed by atoms with Crippen LogP contribution >= 0.6 is 0 Å². The molecule has 3 heteroatoms. The summed E-state index contributed by atoms with van der Waals surface area (Å²) in [5, 5.41) is 0. The van der Waals surface area contributed by atoms with Crippen molar-refractivity contribution in [2.45, 2.75) is 51.5 Å². The van der Waals surface area contributed by atoms with Gasteiger partial charge in [0.05, 0.1) is 25.3 Å². The van der Waals surface area contributed by atoms with Crippen molar-refractivity contribution in [1.29, 1.82) is 0 Å². The van der Waals surface area contributed by atoms with E-state index in [2.05, 4.69) is 65.7 Å². The summed E-state index contributed by atoms with van der Waals surface area (Å²) < 4.78 is 1.07. The Balaban J connectivity index is 0. The summed E-state index contributed by atoms with van der Waals surface area (Å²) in [6, 6.07) is 4.10. The second-order valence-corrected chi connectivity index (χ2v) is 11.4. The Hall–Kier alpha value is 0.127. The maximum Gasteiger partial charge on any atom is 0.122 e. The fourth-order valence-electron chi connectivity index (χ4n) is 3.69. The number of quaternary nitrogens is 1. The molecule has 0 fully saturated rings. The van der Waals surface area contributed by atoms with Gasteiger partial charge in [-0.15, -0.1) is 0 Å². The van der Waals surface area contributed by atoms with Gasteiger partial charge in [-0.1, -0.05) is 58.6 Å². The highest BCUT2D eigenvalue weighted by atomic mass is 127. The first-order valence-corrected chi connectivity index (χ1v) is 10.4. The Kier molecular flexibility index (Phi) is 12.1. The van der Waals surface area contributed by atoms with E-state index in [9.17, 15) is 0 Å². The topological polar surface area (TPSA) is 0 Å². The van der Waals surface area contributed by atoms with Crippen LogP contribution in [0.25, 0.3) is 0 Å². The Bertz CT molecular complexity index is 263. The van der Waals surface area contributed by atoms with Crippen LogP contribution in [0.15, 0.2) is 38.0 Å². The first-order chi connectivity index (χ1) is 9.02. The predicted octanol–water partition coefficient (Wildman–Crippen LogP) is 1.80. The van der Waals surface area contributed by atoms with E-state index in [0.29, 0.717) is 0 Å². The minimum Gasteiger partial charge on any atom is -1.00 e. The smallest absolute Gasteiger partial charge is 0.122 e. The van der Waals surface area contributed by atoms with Crippen LogP contribution in [0.5, 0.6) is 0 Å². The predicted molar refractivity (Wildman–Crippen MR) is 92.1 cm³/mol. The Morgan fingerprint density at radius 3 is 1.35 bits per heavy atom. The molecule has 0 aromatic rings. The molecule has 0 rings (SSSR count). The molecule has 118 valence electrons. The molecule has 0 spiro atoms. The minimum absolute atomic E-state index is 0. The molecule has 0 N–H and O–H groups in total. The van der Waals surface area contributed by atoms with E-state index in [-0.39, 0.29) is 24.0 Å². The summed E-state index contributed by atoms with van der Waals surface area (Å²) in [5.74, 6) is 0. The summed E-state index contributed by atoms with van der Waals surface area (Å²) in [6.45, 7) is 24.7. The van der Waals surface area contributed by atoms with Crippen molar-refractivity contribution in [3.8, 4) is 0 Å². The van der Waals surface area contributed by atoms with Crippen LogP contribution in [0.3, 0.4) is 0 Å². The number of rotatable bonds is 11. The van der Waals surface area contributed by atoms with E-state index in [1.54, 1.807) is 0 Å². The molecule has 0 saturated carbocycles. The molecule has 1 atom stereocenters. The van der Waals surface area contributed by atoms with Gasteiger partial charge in [0.2, 0.25) is 0 Å². The van der Waals surface area contributed by atoms with E-state index >= 15 is 0 Å². The van der Waals surface area contributed by atoms with Gasteiger partial charge in [0.15, 0.2) is 0 Å². The van der Waals surface area contributed by atoms with Crippen molar-refractivity contribution < 1.29 is 28.5 Å². The first kappa shape index (κ1) is 22.4. The average molecular weight is 407 g/mol. The van der Waals surface area contributed by atoms with Crippen molar-refractivity contribution in [2.24, 2.45) is 0 Å². The largest absolute Gasteiger partial charge is 1.00 e. The third-order valence-corrected chi connectivity index (χ3v) is 11.8. The molecule has 0 aliphatic carbocycles. The highest BCUT2D eigenvalue weighted by Crippen LogP contribution is 2.32. The van der Waals surface area contributed by atoms with Gasteiger partial charge in [0.1, 0.15) is 8.07 Å². The van der Waals surface area contributed by atoms with Crippen molar-refractivity contribution in [1.82, 2.24) is 0 Å². The summed E-state index contributed by atoms with van der Waals surface area (Å²) in [4.78, 5) is 0. The molecular weight excluding hydrogens is 373 g/mol. The highest BCUT2D eigenvalue weighted by Gasteiger charge is 2.45. The molecule has 1 unspecified atom stereocenters. The van der Waals surface area contributed by atoms with Gasteiger partial charge < -0.3 is 28.5 Å². The van der Waals surface area contributed by atoms with Crippen LogP contribution in [0.1, 0.15) is 27.7 Å². The quantitative estimate of drug-likeness (QED) is 0.212. The minimum atomic E-state index is -1.24. The maximum absolute atomic E-state index is 3.98. The summed E-state index contributed by atoms with van der Waals surface area (Å²) in [6.07, 6.45) is 6.22. The van der Waals surface area contributed by atoms with Crippen LogP contribution in [0, 0.1) is 0 Å². The lowest BCUT2D eigenvalue weighted by Gasteiger charge is -2.49. The van der Waals surface area contributed by atoms with E-state index in [1.165, 1.54) is 18.1 Å². The van der Waals surface area contributed by atoms with Crippen LogP contribution < -0.4 is 24.0 Å². The van der Waals surface area contributed by atoms with Crippen LogP contribution in [0.4, 0.5) is 0 Å². The third-order valence-electron chi connectivity index (χ3n) is 5.30. The maximum atomic E-state index is 3.98. The van der Waals surface area contributed by atoms with Gasteiger partial charge in [0, 0.05) is 0 Å². The van der Waals surface area contributed by atoms with E-state index in [1.807, 2.05) is 0 Å². The van der Waals surface area contributed by atoms with Crippen LogP contribution in [-0.4, -0.2) is 37.9 Å². The van der Waals surface area contributed by atoms with E-state index < -0.39 is 8.07 Å². The zero-order chi connectivity index (χ0) is 14.9. The Morgan fingerprint density at radius 2 is 1.15 bits per heavy atom. The summed E-state index contributed by atoms with van der Waals surface area (Å²) in [5.41, 5.74) is 0.724. The highest BCUT2D eigenvalue weighted by molar-refractivity contribution is 6.80. The molecule has 0 heterocycles. The van der Waals surface area contributed by atoms with Crippen LogP contribution in [-0.2, 0) is 0 Å². The number of nitrogens with zero attached hydrogens (tertiary/aromatic N) is 1. The molecule has 1 nitrogen and oxygen atoms in total. The van der Waals surface area contributed by atoms with Crippen molar-refractivity contribution in [3.05, 3.63) is 38.0 Å². The van der Waals surface area contributed by atoms with Gasteiger partial charge >= 0.3 is 0 Å². The SMILES string of the molecule is C=CC[N+](CC=C)(CC=C)C(C)[Si](CC)(CC)CC.[I-]. The lowest BCUT2D eigenvalue weighted by molar-refractivity contribution is -0.923. The number of halogens is 1. The lowest BCUT2D eigenvalue weighted by Crippen LogP contribution is -3.00. The van der Waals surface area contributed by atoms with E-state index in [0.717, 1.165) is 29.8 Å². The van der Waals surface area contributed by atoms with Gasteiger partial charge in [-0.05, 0) is 25.2 Å². The molecule has 0 saturated heterocycles. The monoisotopic (exact) mass is 407 g/mol. The second-order valence-electron chi connectivity index (χ2n) is 5.73. The fourth-order valence-corrected chi connectivity index (χ4v) is 8.44. The van der Waals surface area contributed by atoms with Crippen molar-refractivity contribution in [3.63, 3.8) is 0 Å². The van der Waals surface area contributed by atoms with Crippen molar-refractivity contribution >= 4 is 8.07 Å². The van der Waals surface area contributed by atoms with Gasteiger partial charge in [0.25, 0.3) is 0 Å². The molecule has 0 aliphatic heterocycles. The second kappa shape index (κ2) is 10.8. The Morgan fingerprint density at radius 1 is 0.850 bits per heavy atom. The number of hydrogen-bond donors (Lipinski definition) is 0. The normalized spacial score (nSPS) is 13.2. The zero-order valence-electron chi connectivity index (χ0n) is 14.0. The van der Waals surface area contributed by atoms with E-state index in [4.69, 9.17) is 0 Å². The first-order valence-electron chi connectivity index (χ1n) is 7.70. The summed E-state index contributed by atoms with van der Waals surface area (Å²) >= 11 is 0. The molecule has 0 aliphatic rings. The molecule has 0 aromatic heterocycles. The van der Waals surface area contributed by atoms with Crippen LogP contribution in [0.2, 0.25) is 18.1 Å². The molecule has 0 amide bonds. The van der Waals surface area contributed by atoms with Gasteiger partial charge in [-0.3, -0.25) is 0 Å². The molecule has 0 bridgehead atoms. The molecule has 20 heavy (non-hydrogen) atoms. The standard InChI is InChI=1S/C17H34NSi.HI/c1-8-14-18(15-9-2,16-10-3)17(7)19(11-4,12-5)13-6;/h8-10,17H,1-3,11-16H2,4-7H3;1H/q+1;/p-1. The Labute approximate surface area is 145 Å². The average Bonchev–Trinajstić information content (AvgIpc) is 2.42. The van der Waals surface area contributed by atoms with Gasteiger partial charge in [-0.2, -0.15) is 0 Å². The molecule has 0 radical (unpaired) electrons. The summed E-state index contributed by atoms with van der Waals surface area (Å²) in [7, 11) is -1.24. The fraction of sp³-hybridized carbons (Fsp3) is 0.647. The van der Waals surface area contributed by atoms with Crippen molar-refractivity contribution in [2.75, 3.05) is 19.6 Å². The molecule has 0 aromatic carbocycles.